The first-order chi connectivity index (χ1) is 6.86. The van der Waals surface area contributed by atoms with Crippen LogP contribution in [0.4, 0.5) is 0 Å². The van der Waals surface area contributed by atoms with Crippen LogP contribution in [-0.4, -0.2) is 0 Å². The predicted octanol–water partition coefficient (Wildman–Crippen LogP) is 4.15. The Morgan fingerprint density at radius 1 is 0.929 bits per heavy atom. The maximum Gasteiger partial charge on any atom is 0.00499 e. The molecule has 0 bridgehead atoms. The summed E-state index contributed by atoms with van der Waals surface area (Å²) in [7, 11) is 0. The van der Waals surface area contributed by atoms with Crippen LogP contribution in [0.2, 0.25) is 0 Å². The van der Waals surface area contributed by atoms with E-state index in [1.165, 1.54) is 44.1 Å². The SMILES string of the molecule is [CH2]c1cccc([C]2CCCCCC2)c1. The molecular weight excluding hydrogens is 168 g/mol. The standard InChI is InChI=1S/C14H18/c1-12-7-6-10-14(11-12)13-8-4-2-3-5-9-13/h6-7,10-11H,1-5,8-9H2. The van der Waals surface area contributed by atoms with Gasteiger partial charge in [0, 0.05) is 5.92 Å². The first kappa shape index (κ1) is 9.76. The van der Waals surface area contributed by atoms with Gasteiger partial charge in [0.1, 0.15) is 0 Å². The second kappa shape index (κ2) is 4.63. The summed E-state index contributed by atoms with van der Waals surface area (Å²) in [5.74, 6) is 1.65. The zero-order valence-corrected chi connectivity index (χ0v) is 8.76. The Bertz CT molecular complexity index is 280. The van der Waals surface area contributed by atoms with Crippen molar-refractivity contribution in [2.75, 3.05) is 0 Å². The average molecular weight is 186 g/mol. The molecule has 74 valence electrons. The Balaban J connectivity index is 2.12. The van der Waals surface area contributed by atoms with Gasteiger partial charge in [0.15, 0.2) is 0 Å². The van der Waals surface area contributed by atoms with Gasteiger partial charge in [0.05, 0.1) is 0 Å². The Labute approximate surface area is 87.3 Å². The van der Waals surface area contributed by atoms with Gasteiger partial charge in [-0.15, -0.1) is 0 Å². The van der Waals surface area contributed by atoms with E-state index in [-0.39, 0.29) is 0 Å². The van der Waals surface area contributed by atoms with Crippen molar-refractivity contribution in [2.24, 2.45) is 0 Å². The summed E-state index contributed by atoms with van der Waals surface area (Å²) < 4.78 is 0. The van der Waals surface area contributed by atoms with Gasteiger partial charge in [-0.1, -0.05) is 49.9 Å². The average Bonchev–Trinajstić information content (AvgIpc) is 2.45. The molecule has 14 heavy (non-hydrogen) atoms. The molecule has 2 radical (unpaired) electrons. The summed E-state index contributed by atoms with van der Waals surface area (Å²) >= 11 is 0. The molecule has 0 aliphatic heterocycles. The fourth-order valence-corrected chi connectivity index (χ4v) is 2.24. The van der Waals surface area contributed by atoms with Crippen LogP contribution in [0, 0.1) is 12.8 Å². The summed E-state index contributed by atoms with van der Waals surface area (Å²) in [6.45, 7) is 3.99. The molecule has 1 aliphatic carbocycles. The third-order valence-corrected chi connectivity index (χ3v) is 3.04. The number of hydrogen-bond acceptors (Lipinski definition) is 0. The molecule has 1 aromatic carbocycles. The first-order valence-corrected chi connectivity index (χ1v) is 5.63. The second-order valence-corrected chi connectivity index (χ2v) is 4.22. The molecule has 0 atom stereocenters. The summed E-state index contributed by atoms with van der Waals surface area (Å²) in [5.41, 5.74) is 2.57. The van der Waals surface area contributed by atoms with Crippen LogP contribution >= 0.6 is 0 Å². The van der Waals surface area contributed by atoms with E-state index >= 15 is 0 Å². The quantitative estimate of drug-likeness (QED) is 0.578. The lowest BCUT2D eigenvalue weighted by Crippen LogP contribution is -1.98. The van der Waals surface area contributed by atoms with Crippen molar-refractivity contribution >= 4 is 0 Å². The van der Waals surface area contributed by atoms with E-state index in [2.05, 4.69) is 31.2 Å². The minimum atomic E-state index is 1.14. The molecule has 0 heterocycles. The molecular formula is C14H18. The van der Waals surface area contributed by atoms with Crippen molar-refractivity contribution in [3.63, 3.8) is 0 Å². The summed E-state index contributed by atoms with van der Waals surface area (Å²) in [6, 6.07) is 8.65. The number of benzene rings is 1. The second-order valence-electron chi connectivity index (χ2n) is 4.22. The van der Waals surface area contributed by atoms with Crippen molar-refractivity contribution in [2.45, 2.75) is 38.5 Å². The van der Waals surface area contributed by atoms with Gasteiger partial charge < -0.3 is 0 Å². The van der Waals surface area contributed by atoms with E-state index in [0.717, 1.165) is 5.56 Å². The molecule has 0 saturated heterocycles. The lowest BCUT2D eigenvalue weighted by atomic mass is 9.91. The molecule has 1 aromatic rings. The third kappa shape index (κ3) is 2.37. The zero-order valence-electron chi connectivity index (χ0n) is 8.76. The zero-order chi connectivity index (χ0) is 9.80. The Morgan fingerprint density at radius 2 is 1.64 bits per heavy atom. The Morgan fingerprint density at radius 3 is 2.29 bits per heavy atom. The Hall–Kier alpha value is -0.780. The van der Waals surface area contributed by atoms with Crippen LogP contribution in [0.1, 0.15) is 49.7 Å². The van der Waals surface area contributed by atoms with Gasteiger partial charge in [-0.05, 0) is 30.9 Å². The molecule has 2 rings (SSSR count). The van der Waals surface area contributed by atoms with Crippen molar-refractivity contribution in [3.05, 3.63) is 48.2 Å². The third-order valence-electron chi connectivity index (χ3n) is 3.04. The Kier molecular flexibility index (Phi) is 3.23. The smallest absolute Gasteiger partial charge is 0.00499 e. The van der Waals surface area contributed by atoms with Crippen LogP contribution < -0.4 is 0 Å². The molecule has 1 fully saturated rings. The lowest BCUT2D eigenvalue weighted by Gasteiger charge is -2.13. The van der Waals surface area contributed by atoms with Gasteiger partial charge >= 0.3 is 0 Å². The van der Waals surface area contributed by atoms with Crippen LogP contribution in [0.15, 0.2) is 24.3 Å². The largest absolute Gasteiger partial charge is 0.0617 e. The minimum absolute atomic E-state index is 1.14. The van der Waals surface area contributed by atoms with Gasteiger partial charge in [0.2, 0.25) is 0 Å². The maximum absolute atomic E-state index is 3.99. The van der Waals surface area contributed by atoms with Crippen molar-refractivity contribution in [1.82, 2.24) is 0 Å². The lowest BCUT2D eigenvalue weighted by molar-refractivity contribution is 0.702. The molecule has 0 nitrogen and oxygen atoms in total. The van der Waals surface area contributed by atoms with E-state index in [4.69, 9.17) is 0 Å². The van der Waals surface area contributed by atoms with E-state index in [1.807, 2.05) is 0 Å². The topological polar surface area (TPSA) is 0 Å². The highest BCUT2D eigenvalue weighted by molar-refractivity contribution is 5.35. The van der Waals surface area contributed by atoms with Crippen molar-refractivity contribution in [1.29, 1.82) is 0 Å². The fourth-order valence-electron chi connectivity index (χ4n) is 2.24. The predicted molar refractivity (Wildman–Crippen MR) is 60.9 cm³/mol. The van der Waals surface area contributed by atoms with Crippen LogP contribution in [0.25, 0.3) is 0 Å². The van der Waals surface area contributed by atoms with Gasteiger partial charge in [-0.25, -0.2) is 0 Å². The van der Waals surface area contributed by atoms with Gasteiger partial charge in [-0.2, -0.15) is 0 Å². The maximum atomic E-state index is 3.99. The first-order valence-electron chi connectivity index (χ1n) is 5.63. The van der Waals surface area contributed by atoms with Gasteiger partial charge in [-0.3, -0.25) is 0 Å². The molecule has 0 spiro atoms. The number of hydrogen-bond donors (Lipinski definition) is 0. The van der Waals surface area contributed by atoms with Crippen LogP contribution in [-0.2, 0) is 0 Å². The molecule has 1 saturated carbocycles. The van der Waals surface area contributed by atoms with E-state index in [1.54, 1.807) is 5.92 Å². The monoisotopic (exact) mass is 186 g/mol. The van der Waals surface area contributed by atoms with Crippen molar-refractivity contribution < 1.29 is 0 Å². The fraction of sp³-hybridized carbons (Fsp3) is 0.429. The highest BCUT2D eigenvalue weighted by Crippen LogP contribution is 2.30. The normalized spacial score (nSPS) is 19.2. The molecule has 0 amide bonds. The summed E-state index contributed by atoms with van der Waals surface area (Å²) in [4.78, 5) is 0. The molecule has 1 aliphatic rings. The highest BCUT2D eigenvalue weighted by atomic mass is 14.2. The van der Waals surface area contributed by atoms with Crippen molar-refractivity contribution in [3.8, 4) is 0 Å². The van der Waals surface area contributed by atoms with Crippen LogP contribution in [0.3, 0.4) is 0 Å². The molecule has 0 aromatic heterocycles. The van der Waals surface area contributed by atoms with E-state index < -0.39 is 0 Å². The van der Waals surface area contributed by atoms with E-state index in [9.17, 15) is 0 Å². The highest BCUT2D eigenvalue weighted by Gasteiger charge is 2.14. The summed E-state index contributed by atoms with van der Waals surface area (Å²) in [6.07, 6.45) is 8.15. The van der Waals surface area contributed by atoms with Crippen LogP contribution in [0.5, 0.6) is 0 Å². The minimum Gasteiger partial charge on any atom is -0.0617 e. The van der Waals surface area contributed by atoms with Gasteiger partial charge in [0.25, 0.3) is 0 Å². The molecule has 0 heteroatoms. The van der Waals surface area contributed by atoms with E-state index in [0.29, 0.717) is 0 Å². The number of rotatable bonds is 1. The molecule has 0 N–H and O–H groups in total. The summed E-state index contributed by atoms with van der Waals surface area (Å²) in [5, 5.41) is 0. The molecule has 0 unspecified atom stereocenters.